The molecular formula is C26H34N5Na2O6P. The summed E-state index contributed by atoms with van der Waals surface area (Å²) >= 11 is 0. The number of nitrogens with zero attached hydrogens (tertiary/aromatic N) is 3. The van der Waals surface area contributed by atoms with Gasteiger partial charge in [0.2, 0.25) is 5.95 Å². The average molecular weight is 590 g/mol. The number of anilines is 2. The maximum Gasteiger partial charge on any atom is 1.00 e. The Bertz CT molecular complexity index is 1200. The van der Waals surface area contributed by atoms with E-state index < -0.39 is 13.9 Å². The zero-order valence-corrected chi connectivity index (χ0v) is 28.6. The minimum absolute atomic E-state index is 0. The third kappa shape index (κ3) is 9.59. The van der Waals surface area contributed by atoms with E-state index in [9.17, 15) is 19.1 Å². The van der Waals surface area contributed by atoms with Gasteiger partial charge < -0.3 is 39.2 Å². The molecule has 0 radical (unpaired) electrons. The van der Waals surface area contributed by atoms with Crippen LogP contribution in [0.4, 0.5) is 11.8 Å². The molecule has 0 spiro atoms. The van der Waals surface area contributed by atoms with Gasteiger partial charge in [-0.05, 0) is 74.5 Å². The maximum atomic E-state index is 13.2. The molecule has 40 heavy (non-hydrogen) atoms. The number of phosphoric acid groups is 1. The van der Waals surface area contributed by atoms with E-state index in [1.54, 1.807) is 6.20 Å². The molecule has 1 saturated heterocycles. The Morgan fingerprint density at radius 3 is 2.35 bits per heavy atom. The summed E-state index contributed by atoms with van der Waals surface area (Å²) in [5.41, 5.74) is 3.90. The Morgan fingerprint density at radius 2 is 1.75 bits per heavy atom. The largest absolute Gasteiger partial charge is 1.00 e. The summed E-state index contributed by atoms with van der Waals surface area (Å²) < 4.78 is 15.5. The Hall–Kier alpha value is -0.850. The van der Waals surface area contributed by atoms with Crippen LogP contribution in [0.5, 0.6) is 0 Å². The number of aryl methyl sites for hydroxylation is 2. The van der Waals surface area contributed by atoms with Crippen LogP contribution in [0.1, 0.15) is 59.2 Å². The van der Waals surface area contributed by atoms with Crippen molar-refractivity contribution in [1.29, 1.82) is 0 Å². The number of nitrogens with one attached hydrogen (secondary N) is 2. The molecule has 5 rings (SSSR count). The normalized spacial score (nSPS) is 22.9. The molecule has 3 fully saturated rings. The molecule has 0 bridgehead atoms. The first kappa shape index (κ1) is 35.3. The number of hydrogen-bond acceptors (Lipinski definition) is 10. The Labute approximate surface area is 279 Å². The van der Waals surface area contributed by atoms with Gasteiger partial charge in [-0.25, -0.2) is 4.98 Å². The van der Waals surface area contributed by atoms with Gasteiger partial charge in [0.05, 0.1) is 13.9 Å². The number of aromatic nitrogens is 2. The third-order valence-corrected chi connectivity index (χ3v) is 8.16. The predicted octanol–water partition coefficient (Wildman–Crippen LogP) is -4.13. The third-order valence-electron chi connectivity index (χ3n) is 7.60. The fourth-order valence-corrected chi connectivity index (χ4v) is 5.82. The van der Waals surface area contributed by atoms with Gasteiger partial charge in [0.15, 0.2) is 0 Å². The molecule has 2 unspecified atom stereocenters. The molecule has 1 aromatic heterocycles. The van der Waals surface area contributed by atoms with Crippen molar-refractivity contribution in [3.05, 3.63) is 46.6 Å². The van der Waals surface area contributed by atoms with Gasteiger partial charge in [-0.15, -0.1) is 0 Å². The van der Waals surface area contributed by atoms with Gasteiger partial charge in [0, 0.05) is 31.9 Å². The quantitative estimate of drug-likeness (QED) is 0.229. The number of carbonyl (C=O) groups excluding carboxylic acids is 2. The van der Waals surface area contributed by atoms with E-state index >= 15 is 0 Å². The van der Waals surface area contributed by atoms with Gasteiger partial charge in [-0.3, -0.25) is 4.79 Å². The molecule has 2 N–H and O–H groups in total. The molecule has 1 amide bonds. The van der Waals surface area contributed by atoms with Crippen molar-refractivity contribution in [1.82, 2.24) is 15.3 Å². The van der Waals surface area contributed by atoms with Gasteiger partial charge in [0.1, 0.15) is 18.2 Å². The first-order chi connectivity index (χ1) is 18.1. The second-order valence-electron chi connectivity index (χ2n) is 10.4. The number of phosphoric ester groups is 1. The summed E-state index contributed by atoms with van der Waals surface area (Å²) in [5.74, 6) is 2.32. The molecule has 11 nitrogen and oxygen atoms in total. The predicted molar refractivity (Wildman–Crippen MR) is 138 cm³/mol. The average Bonchev–Trinajstić information content (AvgIpc) is 3.50. The molecule has 2 saturated carbocycles. The number of hydrogen-bond donors (Lipinski definition) is 2. The second kappa shape index (κ2) is 15.6. The van der Waals surface area contributed by atoms with Crippen molar-refractivity contribution in [3.63, 3.8) is 0 Å². The zero-order valence-electron chi connectivity index (χ0n) is 23.7. The Morgan fingerprint density at radius 1 is 1.10 bits per heavy atom. The molecule has 2 aromatic rings. The van der Waals surface area contributed by atoms with Crippen LogP contribution in [0.25, 0.3) is 0 Å². The van der Waals surface area contributed by atoms with Crippen LogP contribution >= 0.6 is 7.82 Å². The molecule has 2 atom stereocenters. The standard InChI is InChI=1S/C25H34N5O5P.CH2O.2Na/c1-15-3-4-17(9-16(15)2)11-26-23-22(12-27-25(29-23)30-13-18-10-19(18)14-30)24(31)28-20-5-7-21(8-6-20)35-36(32,33)34;1-2;;/h3-4,9,12,18-21H,5-8,10-11,13-14H2,1-2H3,(H,28,31)(H,26,27,29)(H2,32,33,34);1H2;;/q;;2*+1/p-2. The van der Waals surface area contributed by atoms with Gasteiger partial charge in [-0.2, -0.15) is 4.98 Å². The van der Waals surface area contributed by atoms with Crippen LogP contribution in [0, 0.1) is 25.7 Å². The van der Waals surface area contributed by atoms with Crippen LogP contribution in [-0.4, -0.2) is 47.9 Å². The summed E-state index contributed by atoms with van der Waals surface area (Å²) in [4.78, 5) is 54.4. The molecule has 2 aliphatic carbocycles. The number of rotatable bonds is 8. The summed E-state index contributed by atoms with van der Waals surface area (Å²) in [7, 11) is -5.01. The fraction of sp³-hybridized carbons (Fsp3) is 0.538. The number of benzene rings is 1. The molecule has 1 aliphatic heterocycles. The number of amides is 1. The van der Waals surface area contributed by atoms with Gasteiger partial charge in [-0.1, -0.05) is 18.2 Å². The van der Waals surface area contributed by atoms with Crippen molar-refractivity contribution >= 4 is 32.3 Å². The summed E-state index contributed by atoms with van der Waals surface area (Å²) in [6, 6.07) is 6.13. The van der Waals surface area contributed by atoms with Crippen LogP contribution < -0.4 is 84.4 Å². The van der Waals surface area contributed by atoms with Crippen LogP contribution in [0.3, 0.4) is 0 Å². The monoisotopic (exact) mass is 589 g/mol. The Kier molecular flexibility index (Phi) is 13.8. The van der Waals surface area contributed by atoms with Gasteiger partial charge in [0.25, 0.3) is 5.91 Å². The molecule has 206 valence electrons. The minimum atomic E-state index is -5.01. The summed E-state index contributed by atoms with van der Waals surface area (Å²) in [6.07, 6.45) is 4.08. The molecule has 1 aromatic carbocycles. The van der Waals surface area contributed by atoms with E-state index in [0.717, 1.165) is 30.5 Å². The van der Waals surface area contributed by atoms with Crippen molar-refractivity contribution in [2.24, 2.45) is 11.8 Å². The van der Waals surface area contributed by atoms with E-state index in [4.69, 9.17) is 9.78 Å². The van der Waals surface area contributed by atoms with E-state index in [1.165, 1.54) is 17.5 Å². The maximum absolute atomic E-state index is 13.2. The fourth-order valence-electron chi connectivity index (χ4n) is 5.24. The first-order valence-corrected chi connectivity index (χ1v) is 14.3. The molecular weight excluding hydrogens is 555 g/mol. The molecule has 2 heterocycles. The van der Waals surface area contributed by atoms with Crippen LogP contribution in [-0.2, 0) is 20.4 Å². The molecule has 14 heteroatoms. The van der Waals surface area contributed by atoms with E-state index in [0.29, 0.717) is 49.6 Å². The van der Waals surface area contributed by atoms with E-state index in [1.807, 2.05) is 6.79 Å². The van der Waals surface area contributed by atoms with Gasteiger partial charge >= 0.3 is 59.1 Å². The smallest absolute Gasteiger partial charge is 0.790 e. The topological polar surface area (TPSA) is 160 Å². The molecule has 3 aliphatic rings. The second-order valence-corrected chi connectivity index (χ2v) is 11.5. The van der Waals surface area contributed by atoms with Crippen molar-refractivity contribution in [2.75, 3.05) is 23.3 Å². The number of piperidine rings is 1. The number of fused-ring (bicyclic) bond motifs is 1. The zero-order chi connectivity index (χ0) is 27.4. The minimum Gasteiger partial charge on any atom is -0.790 e. The SMILES string of the molecule is C=O.Cc1ccc(CNc2nc(N3CC4CC4C3)ncc2C(=O)NC2CCC(OP(=O)([O-])[O-])CC2)cc1C.[Na+].[Na+]. The van der Waals surface area contributed by atoms with Crippen molar-refractivity contribution in [3.8, 4) is 0 Å². The van der Waals surface area contributed by atoms with Crippen molar-refractivity contribution in [2.45, 2.75) is 64.6 Å². The summed E-state index contributed by atoms with van der Waals surface area (Å²) in [5, 5.41) is 6.38. The van der Waals surface area contributed by atoms with E-state index in [2.05, 4.69) is 57.1 Å². The first-order valence-electron chi connectivity index (χ1n) is 12.9. The van der Waals surface area contributed by atoms with E-state index in [-0.39, 0.29) is 71.1 Å². The number of carbonyl (C=O) groups is 2. The van der Waals surface area contributed by atoms with Crippen LogP contribution in [0.2, 0.25) is 0 Å². The Balaban J connectivity index is 0.00000137. The van der Waals surface area contributed by atoms with Crippen molar-refractivity contribution < 1.29 is 87.6 Å². The summed E-state index contributed by atoms with van der Waals surface area (Å²) in [6.45, 7) is 8.59. The van der Waals surface area contributed by atoms with Crippen LogP contribution in [0.15, 0.2) is 24.4 Å².